The Labute approximate surface area is 119 Å². The molecule has 0 aromatic heterocycles. The highest BCUT2D eigenvalue weighted by atomic mass is 16.2. The second-order valence-electron chi connectivity index (χ2n) is 4.93. The van der Waals surface area contributed by atoms with Crippen LogP contribution in [-0.2, 0) is 9.59 Å². The summed E-state index contributed by atoms with van der Waals surface area (Å²) in [7, 11) is 0. The second-order valence-corrected chi connectivity index (χ2v) is 4.93. The fourth-order valence-electron chi connectivity index (χ4n) is 2.29. The van der Waals surface area contributed by atoms with E-state index in [0.29, 0.717) is 19.6 Å². The summed E-state index contributed by atoms with van der Waals surface area (Å²) in [6.07, 6.45) is 4.28. The molecule has 2 rings (SSSR count). The summed E-state index contributed by atoms with van der Waals surface area (Å²) in [5.41, 5.74) is 1.01. The smallest absolute Gasteiger partial charge is 0.246 e. The molecule has 1 heterocycles. The van der Waals surface area contributed by atoms with Gasteiger partial charge in [0.1, 0.15) is 0 Å². The standard InChI is InChI=1S/C16H20N2O2/c1-14(19)17-10-5-11-18(13-12-17)16(20)9-8-15-6-3-2-4-7-15/h2-4,6-9H,5,10-13H2,1H3/b9-8+. The Morgan fingerprint density at radius 1 is 1.00 bits per heavy atom. The minimum absolute atomic E-state index is 0.0132. The van der Waals surface area contributed by atoms with E-state index >= 15 is 0 Å². The topological polar surface area (TPSA) is 40.6 Å². The lowest BCUT2D eigenvalue weighted by Crippen LogP contribution is -2.35. The largest absolute Gasteiger partial charge is 0.341 e. The van der Waals surface area contributed by atoms with Crippen LogP contribution < -0.4 is 0 Å². The van der Waals surface area contributed by atoms with E-state index in [4.69, 9.17) is 0 Å². The number of carbonyl (C=O) groups is 2. The molecule has 0 bridgehead atoms. The van der Waals surface area contributed by atoms with E-state index in [9.17, 15) is 9.59 Å². The minimum atomic E-state index is 0.0132. The molecular formula is C16H20N2O2. The predicted octanol–water partition coefficient (Wildman–Crippen LogP) is 1.78. The number of amides is 2. The van der Waals surface area contributed by atoms with Gasteiger partial charge >= 0.3 is 0 Å². The van der Waals surface area contributed by atoms with Crippen molar-refractivity contribution in [1.82, 2.24) is 9.80 Å². The molecule has 1 saturated heterocycles. The number of benzene rings is 1. The van der Waals surface area contributed by atoms with Crippen LogP contribution in [0.2, 0.25) is 0 Å². The van der Waals surface area contributed by atoms with Crippen LogP contribution in [0.3, 0.4) is 0 Å². The summed E-state index contributed by atoms with van der Waals surface area (Å²) in [5.74, 6) is 0.0957. The predicted molar refractivity (Wildman–Crippen MR) is 78.9 cm³/mol. The highest BCUT2D eigenvalue weighted by Crippen LogP contribution is 2.06. The lowest BCUT2D eigenvalue weighted by molar-refractivity contribution is -0.130. The van der Waals surface area contributed by atoms with Crippen LogP contribution in [-0.4, -0.2) is 47.8 Å². The van der Waals surface area contributed by atoms with E-state index in [0.717, 1.165) is 18.5 Å². The van der Waals surface area contributed by atoms with Crippen LogP contribution in [0, 0.1) is 0 Å². The Kier molecular flexibility index (Phi) is 4.93. The molecule has 4 heteroatoms. The van der Waals surface area contributed by atoms with Gasteiger partial charge in [0.05, 0.1) is 0 Å². The molecule has 1 aliphatic rings. The number of rotatable bonds is 2. The highest BCUT2D eigenvalue weighted by molar-refractivity contribution is 5.91. The third-order valence-electron chi connectivity index (χ3n) is 3.47. The summed E-state index contributed by atoms with van der Waals surface area (Å²) < 4.78 is 0. The first-order valence-corrected chi connectivity index (χ1v) is 6.94. The average Bonchev–Trinajstić information content (AvgIpc) is 2.72. The first-order chi connectivity index (χ1) is 9.66. The lowest BCUT2D eigenvalue weighted by atomic mass is 10.2. The third-order valence-corrected chi connectivity index (χ3v) is 3.47. The van der Waals surface area contributed by atoms with Gasteiger partial charge in [-0.3, -0.25) is 9.59 Å². The lowest BCUT2D eigenvalue weighted by Gasteiger charge is -2.20. The molecule has 0 radical (unpaired) electrons. The molecule has 0 saturated carbocycles. The van der Waals surface area contributed by atoms with E-state index in [-0.39, 0.29) is 11.8 Å². The van der Waals surface area contributed by atoms with Crippen molar-refractivity contribution in [2.75, 3.05) is 26.2 Å². The monoisotopic (exact) mass is 272 g/mol. The van der Waals surface area contributed by atoms with E-state index in [2.05, 4.69) is 0 Å². The number of hydrogen-bond acceptors (Lipinski definition) is 2. The van der Waals surface area contributed by atoms with Crippen LogP contribution in [0.4, 0.5) is 0 Å². The van der Waals surface area contributed by atoms with Gasteiger partial charge in [-0.25, -0.2) is 0 Å². The molecule has 4 nitrogen and oxygen atoms in total. The zero-order valence-electron chi connectivity index (χ0n) is 11.8. The summed E-state index contributed by atoms with van der Waals surface area (Å²) in [6, 6.07) is 9.76. The molecule has 2 amide bonds. The van der Waals surface area contributed by atoms with Crippen molar-refractivity contribution in [2.45, 2.75) is 13.3 Å². The van der Waals surface area contributed by atoms with Crippen molar-refractivity contribution in [3.05, 3.63) is 42.0 Å². The molecule has 0 aliphatic carbocycles. The van der Waals surface area contributed by atoms with Gasteiger partial charge in [0, 0.05) is 39.2 Å². The van der Waals surface area contributed by atoms with Crippen molar-refractivity contribution in [3.8, 4) is 0 Å². The van der Waals surface area contributed by atoms with Crippen molar-refractivity contribution < 1.29 is 9.59 Å². The minimum Gasteiger partial charge on any atom is -0.341 e. The van der Waals surface area contributed by atoms with Crippen molar-refractivity contribution in [2.24, 2.45) is 0 Å². The Bertz CT molecular complexity index is 496. The molecule has 0 atom stereocenters. The molecule has 20 heavy (non-hydrogen) atoms. The van der Waals surface area contributed by atoms with Gasteiger partial charge in [0.25, 0.3) is 0 Å². The number of nitrogens with zero attached hydrogens (tertiary/aromatic N) is 2. The third kappa shape index (κ3) is 3.95. The fourth-order valence-corrected chi connectivity index (χ4v) is 2.29. The van der Waals surface area contributed by atoms with Gasteiger partial charge in [0.15, 0.2) is 0 Å². The van der Waals surface area contributed by atoms with Crippen LogP contribution in [0.25, 0.3) is 6.08 Å². The summed E-state index contributed by atoms with van der Waals surface area (Å²) in [5, 5.41) is 0. The molecule has 106 valence electrons. The summed E-state index contributed by atoms with van der Waals surface area (Å²) in [4.78, 5) is 27.1. The maximum atomic E-state index is 12.1. The van der Waals surface area contributed by atoms with Gasteiger partial charge in [-0.2, -0.15) is 0 Å². The van der Waals surface area contributed by atoms with E-state index in [1.165, 1.54) is 0 Å². The highest BCUT2D eigenvalue weighted by Gasteiger charge is 2.18. The normalized spacial score (nSPS) is 16.2. The van der Waals surface area contributed by atoms with Crippen LogP contribution in [0.5, 0.6) is 0 Å². The molecule has 1 aromatic carbocycles. The van der Waals surface area contributed by atoms with Crippen molar-refractivity contribution in [1.29, 1.82) is 0 Å². The fraction of sp³-hybridized carbons (Fsp3) is 0.375. The Hall–Kier alpha value is -2.10. The molecule has 0 unspecified atom stereocenters. The molecule has 1 aliphatic heterocycles. The summed E-state index contributed by atoms with van der Waals surface area (Å²) >= 11 is 0. The maximum absolute atomic E-state index is 12.1. The Morgan fingerprint density at radius 2 is 1.65 bits per heavy atom. The number of carbonyl (C=O) groups excluding carboxylic acids is 2. The zero-order valence-corrected chi connectivity index (χ0v) is 11.8. The van der Waals surface area contributed by atoms with Crippen molar-refractivity contribution in [3.63, 3.8) is 0 Å². The first kappa shape index (κ1) is 14.3. The van der Waals surface area contributed by atoms with E-state index < -0.39 is 0 Å². The second kappa shape index (κ2) is 6.89. The van der Waals surface area contributed by atoms with Crippen LogP contribution >= 0.6 is 0 Å². The zero-order chi connectivity index (χ0) is 14.4. The molecule has 1 fully saturated rings. The molecule has 1 aromatic rings. The SMILES string of the molecule is CC(=O)N1CCCN(C(=O)/C=C/c2ccccc2)CC1. The van der Waals surface area contributed by atoms with Crippen LogP contribution in [0.15, 0.2) is 36.4 Å². The Balaban J connectivity index is 1.93. The van der Waals surface area contributed by atoms with Gasteiger partial charge in [0.2, 0.25) is 11.8 Å². The molecule has 0 N–H and O–H groups in total. The van der Waals surface area contributed by atoms with Gasteiger partial charge in [-0.05, 0) is 18.1 Å². The van der Waals surface area contributed by atoms with Gasteiger partial charge < -0.3 is 9.80 Å². The van der Waals surface area contributed by atoms with Crippen LogP contribution in [0.1, 0.15) is 18.9 Å². The maximum Gasteiger partial charge on any atom is 0.246 e. The number of hydrogen-bond donors (Lipinski definition) is 0. The average molecular weight is 272 g/mol. The van der Waals surface area contributed by atoms with Gasteiger partial charge in [-0.1, -0.05) is 30.3 Å². The van der Waals surface area contributed by atoms with Crippen molar-refractivity contribution >= 4 is 17.9 Å². The van der Waals surface area contributed by atoms with Gasteiger partial charge in [-0.15, -0.1) is 0 Å². The van der Waals surface area contributed by atoms with E-state index in [1.54, 1.807) is 17.9 Å². The molecule has 0 spiro atoms. The van der Waals surface area contributed by atoms with E-state index in [1.807, 2.05) is 41.3 Å². The quantitative estimate of drug-likeness (QED) is 0.770. The first-order valence-electron chi connectivity index (χ1n) is 6.94. The summed E-state index contributed by atoms with van der Waals surface area (Å²) in [6.45, 7) is 4.26. The molecular weight excluding hydrogens is 252 g/mol. The Morgan fingerprint density at radius 3 is 2.35 bits per heavy atom.